The number of hydrogen-bond donors (Lipinski definition) is 2. The van der Waals surface area contributed by atoms with Crippen LogP contribution in [0.3, 0.4) is 0 Å². The van der Waals surface area contributed by atoms with Gasteiger partial charge in [-0.25, -0.2) is 0 Å². The van der Waals surface area contributed by atoms with E-state index < -0.39 is 0 Å². The van der Waals surface area contributed by atoms with Crippen LogP contribution >= 0.6 is 0 Å². The number of amides is 1. The monoisotopic (exact) mass is 209 g/mol. The maximum absolute atomic E-state index is 11.2. The molecule has 0 unspecified atom stereocenters. The molecule has 4 nitrogen and oxygen atoms in total. The van der Waals surface area contributed by atoms with Crippen molar-refractivity contribution in [3.05, 3.63) is 23.8 Å². The lowest BCUT2D eigenvalue weighted by atomic mass is 10.1. The van der Waals surface area contributed by atoms with Crippen molar-refractivity contribution in [2.75, 3.05) is 12.4 Å². The lowest BCUT2D eigenvalue weighted by Gasteiger charge is -2.10. The molecule has 0 saturated carbocycles. The fourth-order valence-corrected chi connectivity index (χ4v) is 1.19. The van der Waals surface area contributed by atoms with Crippen molar-refractivity contribution in [2.45, 2.75) is 20.0 Å². The molecule has 0 bridgehead atoms. The Bertz CT molecular complexity index is 350. The van der Waals surface area contributed by atoms with Gasteiger partial charge in [0.1, 0.15) is 5.75 Å². The molecule has 1 aromatic rings. The number of rotatable bonds is 4. The Balaban J connectivity index is 2.92. The van der Waals surface area contributed by atoms with Crippen molar-refractivity contribution in [2.24, 2.45) is 0 Å². The molecule has 0 saturated heterocycles. The summed E-state index contributed by atoms with van der Waals surface area (Å²) in [5.41, 5.74) is 1.28. The highest BCUT2D eigenvalue weighted by Crippen LogP contribution is 2.22. The Morgan fingerprint density at radius 2 is 2.27 bits per heavy atom. The molecular formula is C11H15NO3. The predicted molar refractivity (Wildman–Crippen MR) is 57.8 cm³/mol. The lowest BCUT2D eigenvalue weighted by Crippen LogP contribution is -2.11. The third-order valence-corrected chi connectivity index (χ3v) is 2.08. The number of aliphatic hydroxyl groups excluding tert-OH is 1. The zero-order valence-corrected chi connectivity index (χ0v) is 8.91. The molecule has 15 heavy (non-hydrogen) atoms. The van der Waals surface area contributed by atoms with Crippen molar-refractivity contribution in [3.63, 3.8) is 0 Å². The van der Waals surface area contributed by atoms with Crippen LogP contribution in [0.15, 0.2) is 18.2 Å². The van der Waals surface area contributed by atoms with Gasteiger partial charge in [-0.05, 0) is 18.2 Å². The first-order valence-electron chi connectivity index (χ1n) is 4.78. The Morgan fingerprint density at radius 1 is 1.53 bits per heavy atom. The summed E-state index contributed by atoms with van der Waals surface area (Å²) in [5.74, 6) is 0.586. The molecule has 0 aromatic heterocycles. The van der Waals surface area contributed by atoms with E-state index in [1.54, 1.807) is 32.2 Å². The van der Waals surface area contributed by atoms with Gasteiger partial charge in [0.25, 0.3) is 0 Å². The van der Waals surface area contributed by atoms with Crippen molar-refractivity contribution in [1.29, 1.82) is 0 Å². The van der Waals surface area contributed by atoms with Gasteiger partial charge < -0.3 is 15.2 Å². The summed E-state index contributed by atoms with van der Waals surface area (Å²) in [4.78, 5) is 11.2. The Kier molecular flexibility index (Phi) is 4.12. The van der Waals surface area contributed by atoms with Crippen molar-refractivity contribution >= 4 is 11.6 Å². The van der Waals surface area contributed by atoms with Crippen LogP contribution < -0.4 is 10.1 Å². The SMILES string of the molecule is CCC(=O)Nc1ccc(OC)cc1CO. The van der Waals surface area contributed by atoms with Crippen LogP contribution in [0.5, 0.6) is 5.75 Å². The minimum atomic E-state index is -0.128. The highest BCUT2D eigenvalue weighted by atomic mass is 16.5. The van der Waals surface area contributed by atoms with Crippen molar-refractivity contribution in [1.82, 2.24) is 0 Å². The molecule has 0 radical (unpaired) electrons. The predicted octanol–water partition coefficient (Wildman–Crippen LogP) is 1.54. The average Bonchev–Trinajstić information content (AvgIpc) is 2.29. The van der Waals surface area contributed by atoms with Crippen LogP contribution in [0.4, 0.5) is 5.69 Å². The van der Waals surface area contributed by atoms with Gasteiger partial charge in [-0.15, -0.1) is 0 Å². The van der Waals surface area contributed by atoms with Crippen LogP contribution in [0.1, 0.15) is 18.9 Å². The first kappa shape index (κ1) is 11.5. The second-order valence-corrected chi connectivity index (χ2v) is 3.08. The lowest BCUT2D eigenvalue weighted by molar-refractivity contribution is -0.115. The third-order valence-electron chi connectivity index (χ3n) is 2.08. The molecule has 1 amide bonds. The maximum Gasteiger partial charge on any atom is 0.224 e. The van der Waals surface area contributed by atoms with E-state index in [0.717, 1.165) is 0 Å². The smallest absolute Gasteiger partial charge is 0.224 e. The van der Waals surface area contributed by atoms with Gasteiger partial charge in [-0.3, -0.25) is 4.79 Å². The van der Waals surface area contributed by atoms with Gasteiger partial charge in [0.2, 0.25) is 5.91 Å². The Labute approximate surface area is 88.9 Å². The van der Waals surface area contributed by atoms with Gasteiger partial charge in [-0.2, -0.15) is 0 Å². The standard InChI is InChI=1S/C11H15NO3/c1-3-11(14)12-10-5-4-9(15-2)6-8(10)7-13/h4-6,13H,3,7H2,1-2H3,(H,12,14). The van der Waals surface area contributed by atoms with E-state index in [2.05, 4.69) is 5.32 Å². The quantitative estimate of drug-likeness (QED) is 0.790. The van der Waals surface area contributed by atoms with E-state index in [1.807, 2.05) is 0 Å². The number of aliphatic hydroxyl groups is 1. The summed E-state index contributed by atoms with van der Waals surface area (Å²) in [5, 5.41) is 11.8. The summed E-state index contributed by atoms with van der Waals surface area (Å²) in [6.07, 6.45) is 0.414. The maximum atomic E-state index is 11.2. The topological polar surface area (TPSA) is 58.6 Å². The molecule has 4 heteroatoms. The van der Waals surface area contributed by atoms with Crippen LogP contribution in [0.2, 0.25) is 0 Å². The summed E-state index contributed by atoms with van der Waals surface area (Å²) >= 11 is 0. The van der Waals surface area contributed by atoms with E-state index in [4.69, 9.17) is 9.84 Å². The molecule has 0 spiro atoms. The molecule has 0 aliphatic rings. The van der Waals surface area contributed by atoms with Crippen molar-refractivity contribution in [3.8, 4) is 5.75 Å². The highest BCUT2D eigenvalue weighted by molar-refractivity contribution is 5.91. The van der Waals surface area contributed by atoms with Crippen LogP contribution in [-0.4, -0.2) is 18.1 Å². The van der Waals surface area contributed by atoms with Crippen molar-refractivity contribution < 1.29 is 14.6 Å². The van der Waals surface area contributed by atoms with Gasteiger partial charge in [-0.1, -0.05) is 6.92 Å². The number of hydrogen-bond acceptors (Lipinski definition) is 3. The molecular weight excluding hydrogens is 194 g/mol. The third kappa shape index (κ3) is 2.95. The number of methoxy groups -OCH3 is 1. The minimum Gasteiger partial charge on any atom is -0.497 e. The fraction of sp³-hybridized carbons (Fsp3) is 0.364. The number of benzene rings is 1. The van der Waals surface area contributed by atoms with Crippen LogP contribution in [0, 0.1) is 0 Å². The van der Waals surface area contributed by atoms with Crippen LogP contribution in [-0.2, 0) is 11.4 Å². The van der Waals surface area contributed by atoms with Gasteiger partial charge in [0.15, 0.2) is 0 Å². The minimum absolute atomic E-state index is 0.0742. The number of nitrogens with one attached hydrogen (secondary N) is 1. The average molecular weight is 209 g/mol. The van der Waals surface area contributed by atoms with E-state index >= 15 is 0 Å². The summed E-state index contributed by atoms with van der Waals surface area (Å²) < 4.78 is 5.02. The van der Waals surface area contributed by atoms with E-state index in [9.17, 15) is 4.79 Å². The number of ether oxygens (including phenoxy) is 1. The highest BCUT2D eigenvalue weighted by Gasteiger charge is 2.05. The molecule has 82 valence electrons. The van der Waals surface area contributed by atoms with Gasteiger partial charge in [0.05, 0.1) is 13.7 Å². The summed E-state index contributed by atoms with van der Waals surface area (Å²) in [7, 11) is 1.56. The van der Waals surface area contributed by atoms with E-state index in [1.165, 1.54) is 0 Å². The number of carbonyl (C=O) groups is 1. The first-order valence-corrected chi connectivity index (χ1v) is 4.78. The number of carbonyl (C=O) groups excluding carboxylic acids is 1. The molecule has 0 fully saturated rings. The van der Waals surface area contributed by atoms with E-state index in [-0.39, 0.29) is 12.5 Å². The summed E-state index contributed by atoms with van der Waals surface area (Å²) in [6, 6.07) is 5.16. The number of anilines is 1. The van der Waals surface area contributed by atoms with E-state index in [0.29, 0.717) is 23.4 Å². The Morgan fingerprint density at radius 3 is 2.80 bits per heavy atom. The fourth-order valence-electron chi connectivity index (χ4n) is 1.19. The van der Waals surface area contributed by atoms with Gasteiger partial charge in [0, 0.05) is 17.7 Å². The molecule has 1 aromatic carbocycles. The molecule has 0 heterocycles. The molecule has 0 atom stereocenters. The zero-order chi connectivity index (χ0) is 11.3. The molecule has 0 aliphatic carbocycles. The molecule has 2 N–H and O–H groups in total. The zero-order valence-electron chi connectivity index (χ0n) is 8.91. The largest absolute Gasteiger partial charge is 0.497 e. The first-order chi connectivity index (χ1) is 7.21. The molecule has 0 aliphatic heterocycles. The summed E-state index contributed by atoms with van der Waals surface area (Å²) in [6.45, 7) is 1.65. The second-order valence-electron chi connectivity index (χ2n) is 3.08. The van der Waals surface area contributed by atoms with Crippen LogP contribution in [0.25, 0.3) is 0 Å². The normalized spacial score (nSPS) is 9.80. The van der Waals surface area contributed by atoms with Gasteiger partial charge >= 0.3 is 0 Å². The Hall–Kier alpha value is -1.55. The molecule has 1 rings (SSSR count). The second kappa shape index (κ2) is 5.36.